The van der Waals surface area contributed by atoms with Gasteiger partial charge >= 0.3 is 5.97 Å². The lowest BCUT2D eigenvalue weighted by Gasteiger charge is -2.14. The molecule has 1 aromatic carbocycles. The van der Waals surface area contributed by atoms with Crippen molar-refractivity contribution in [3.8, 4) is 0 Å². The molecule has 2 N–H and O–H groups in total. The highest BCUT2D eigenvalue weighted by Crippen LogP contribution is 2.24. The van der Waals surface area contributed by atoms with Crippen LogP contribution in [0.4, 0.5) is 5.69 Å². The van der Waals surface area contributed by atoms with Gasteiger partial charge in [0.25, 0.3) is 5.91 Å². The van der Waals surface area contributed by atoms with Crippen LogP contribution >= 0.6 is 0 Å². The van der Waals surface area contributed by atoms with Gasteiger partial charge in [-0.3, -0.25) is 9.59 Å². The molecule has 1 amide bonds. The van der Waals surface area contributed by atoms with Crippen LogP contribution < -0.4 is 5.73 Å². The van der Waals surface area contributed by atoms with Crippen molar-refractivity contribution in [2.45, 2.75) is 19.9 Å². The Morgan fingerprint density at radius 1 is 1.50 bits per heavy atom. The number of nitrogens with zero attached hydrogens (tertiary/aromatic N) is 1. The Hall–Kier alpha value is -2.04. The molecule has 5 nitrogen and oxygen atoms in total. The Labute approximate surface area is 106 Å². The van der Waals surface area contributed by atoms with Crippen molar-refractivity contribution in [3.63, 3.8) is 0 Å². The first-order chi connectivity index (χ1) is 8.61. The molecule has 0 bridgehead atoms. The SMILES string of the molecule is CCOC(=O)CCN1Cc2ccc(N)cc2C1=O. The number of anilines is 1. The van der Waals surface area contributed by atoms with Crippen LogP contribution in [0.1, 0.15) is 29.3 Å². The highest BCUT2D eigenvalue weighted by molar-refractivity contribution is 5.99. The van der Waals surface area contributed by atoms with Gasteiger partial charge in [-0.2, -0.15) is 0 Å². The van der Waals surface area contributed by atoms with Gasteiger partial charge in [0.15, 0.2) is 0 Å². The second-order valence-electron chi connectivity index (χ2n) is 4.20. The second-order valence-corrected chi connectivity index (χ2v) is 4.20. The zero-order chi connectivity index (χ0) is 13.1. The molecule has 0 radical (unpaired) electrons. The number of nitrogen functional groups attached to an aromatic ring is 1. The summed E-state index contributed by atoms with van der Waals surface area (Å²) in [5.74, 6) is -0.345. The average molecular weight is 248 g/mol. The molecule has 96 valence electrons. The summed E-state index contributed by atoms with van der Waals surface area (Å²) in [4.78, 5) is 24.9. The summed E-state index contributed by atoms with van der Waals surface area (Å²) in [6.07, 6.45) is 0.225. The lowest BCUT2D eigenvalue weighted by atomic mass is 10.1. The van der Waals surface area contributed by atoms with Crippen molar-refractivity contribution >= 4 is 17.6 Å². The third-order valence-corrected chi connectivity index (χ3v) is 2.90. The zero-order valence-electron chi connectivity index (χ0n) is 10.3. The van der Waals surface area contributed by atoms with Crippen molar-refractivity contribution < 1.29 is 14.3 Å². The first-order valence-corrected chi connectivity index (χ1v) is 5.95. The van der Waals surface area contributed by atoms with Crippen LogP contribution in [0.5, 0.6) is 0 Å². The minimum atomic E-state index is -0.277. The molecule has 0 fully saturated rings. The van der Waals surface area contributed by atoms with Gasteiger partial charge in [-0.25, -0.2) is 0 Å². The predicted octanol–water partition coefficient (Wildman–Crippen LogP) is 1.18. The molecule has 0 saturated heterocycles. The fourth-order valence-electron chi connectivity index (χ4n) is 2.02. The summed E-state index contributed by atoms with van der Waals surface area (Å²) in [5, 5.41) is 0. The van der Waals surface area contributed by atoms with E-state index in [4.69, 9.17) is 10.5 Å². The van der Waals surface area contributed by atoms with Gasteiger partial charge in [-0.05, 0) is 24.6 Å². The maximum atomic E-state index is 12.0. The number of rotatable bonds is 4. The Kier molecular flexibility index (Phi) is 3.50. The molecule has 2 rings (SSSR count). The van der Waals surface area contributed by atoms with E-state index in [1.807, 2.05) is 6.07 Å². The van der Waals surface area contributed by atoms with Gasteiger partial charge < -0.3 is 15.4 Å². The van der Waals surface area contributed by atoms with Crippen LogP contribution in [0, 0.1) is 0 Å². The number of benzene rings is 1. The van der Waals surface area contributed by atoms with Crippen LogP contribution in [0.2, 0.25) is 0 Å². The lowest BCUT2D eigenvalue weighted by Crippen LogP contribution is -2.27. The third kappa shape index (κ3) is 2.45. The largest absolute Gasteiger partial charge is 0.466 e. The number of amides is 1. The molecule has 1 aromatic rings. The van der Waals surface area contributed by atoms with Gasteiger partial charge in [0.2, 0.25) is 0 Å². The van der Waals surface area contributed by atoms with Crippen molar-refractivity contribution in [1.82, 2.24) is 4.90 Å². The number of esters is 1. The van der Waals surface area contributed by atoms with E-state index in [1.165, 1.54) is 0 Å². The molecule has 1 aliphatic rings. The minimum absolute atomic E-state index is 0.0680. The molecule has 0 saturated carbocycles. The van der Waals surface area contributed by atoms with Crippen LogP contribution in [-0.2, 0) is 16.1 Å². The van der Waals surface area contributed by atoms with Crippen LogP contribution in [0.15, 0.2) is 18.2 Å². The lowest BCUT2D eigenvalue weighted by molar-refractivity contribution is -0.143. The number of hydrogen-bond donors (Lipinski definition) is 1. The van der Waals surface area contributed by atoms with E-state index >= 15 is 0 Å². The van der Waals surface area contributed by atoms with E-state index in [9.17, 15) is 9.59 Å². The number of hydrogen-bond acceptors (Lipinski definition) is 4. The van der Waals surface area contributed by atoms with Gasteiger partial charge in [0.05, 0.1) is 13.0 Å². The van der Waals surface area contributed by atoms with Crippen LogP contribution in [0.3, 0.4) is 0 Å². The summed E-state index contributed by atoms with van der Waals surface area (Å²) in [5.41, 5.74) is 7.83. The van der Waals surface area contributed by atoms with Gasteiger partial charge in [0.1, 0.15) is 0 Å². The molecule has 0 spiro atoms. The quantitative estimate of drug-likeness (QED) is 0.641. The van der Waals surface area contributed by atoms with Gasteiger partial charge in [-0.15, -0.1) is 0 Å². The Balaban J connectivity index is 1.99. The highest BCUT2D eigenvalue weighted by atomic mass is 16.5. The van der Waals surface area contributed by atoms with E-state index in [0.29, 0.717) is 30.9 Å². The van der Waals surface area contributed by atoms with E-state index in [1.54, 1.807) is 24.0 Å². The number of carbonyl (C=O) groups excluding carboxylic acids is 2. The average Bonchev–Trinajstić information content (AvgIpc) is 2.64. The second kappa shape index (κ2) is 5.08. The van der Waals surface area contributed by atoms with E-state index in [-0.39, 0.29) is 18.3 Å². The van der Waals surface area contributed by atoms with Crippen molar-refractivity contribution in [2.75, 3.05) is 18.9 Å². The molecule has 18 heavy (non-hydrogen) atoms. The van der Waals surface area contributed by atoms with Crippen molar-refractivity contribution in [1.29, 1.82) is 0 Å². The normalized spacial score (nSPS) is 13.6. The Morgan fingerprint density at radius 3 is 3.00 bits per heavy atom. The fraction of sp³-hybridized carbons (Fsp3) is 0.385. The first kappa shape index (κ1) is 12.4. The topological polar surface area (TPSA) is 72.6 Å². The Morgan fingerprint density at radius 2 is 2.28 bits per heavy atom. The molecule has 0 aliphatic carbocycles. The number of ether oxygens (including phenoxy) is 1. The molecule has 0 unspecified atom stereocenters. The summed E-state index contributed by atoms with van der Waals surface area (Å²) < 4.78 is 4.84. The zero-order valence-corrected chi connectivity index (χ0v) is 10.3. The summed E-state index contributed by atoms with van der Waals surface area (Å²) in [6.45, 7) is 3.04. The van der Waals surface area contributed by atoms with Crippen molar-refractivity contribution in [2.24, 2.45) is 0 Å². The standard InChI is InChI=1S/C13H16N2O3/c1-2-18-12(16)5-6-15-8-9-3-4-10(14)7-11(9)13(15)17/h3-4,7H,2,5-6,8,14H2,1H3. The molecular formula is C13H16N2O3. The molecule has 5 heteroatoms. The maximum Gasteiger partial charge on any atom is 0.307 e. The summed E-state index contributed by atoms with van der Waals surface area (Å²) in [6, 6.07) is 5.32. The van der Waals surface area contributed by atoms with Crippen LogP contribution in [-0.4, -0.2) is 29.9 Å². The number of carbonyl (C=O) groups is 2. The molecular weight excluding hydrogens is 232 g/mol. The molecule has 1 aliphatic heterocycles. The first-order valence-electron chi connectivity index (χ1n) is 5.95. The molecule has 1 heterocycles. The van der Waals surface area contributed by atoms with E-state index in [0.717, 1.165) is 5.56 Å². The predicted molar refractivity (Wildman–Crippen MR) is 66.8 cm³/mol. The van der Waals surface area contributed by atoms with E-state index < -0.39 is 0 Å². The summed E-state index contributed by atoms with van der Waals surface area (Å²) in [7, 11) is 0. The van der Waals surface area contributed by atoms with Crippen molar-refractivity contribution in [3.05, 3.63) is 29.3 Å². The molecule has 0 atom stereocenters. The summed E-state index contributed by atoms with van der Waals surface area (Å²) >= 11 is 0. The molecule has 0 aromatic heterocycles. The third-order valence-electron chi connectivity index (χ3n) is 2.90. The monoisotopic (exact) mass is 248 g/mol. The highest BCUT2D eigenvalue weighted by Gasteiger charge is 2.27. The smallest absolute Gasteiger partial charge is 0.307 e. The fourth-order valence-corrected chi connectivity index (χ4v) is 2.02. The van der Waals surface area contributed by atoms with Crippen LogP contribution in [0.25, 0.3) is 0 Å². The van der Waals surface area contributed by atoms with E-state index in [2.05, 4.69) is 0 Å². The number of nitrogens with two attached hydrogens (primary N) is 1. The van der Waals surface area contributed by atoms with Gasteiger partial charge in [-0.1, -0.05) is 6.07 Å². The van der Waals surface area contributed by atoms with Gasteiger partial charge in [0, 0.05) is 24.3 Å². The Bertz CT molecular complexity index is 485. The minimum Gasteiger partial charge on any atom is -0.466 e. The number of fused-ring (bicyclic) bond motifs is 1. The maximum absolute atomic E-state index is 12.0.